The summed E-state index contributed by atoms with van der Waals surface area (Å²) < 4.78 is 44.6. The first-order valence-corrected chi connectivity index (χ1v) is 7.69. The second-order valence-electron chi connectivity index (χ2n) is 4.80. The van der Waals surface area contributed by atoms with Crippen molar-refractivity contribution >= 4 is 12.3 Å². The lowest BCUT2D eigenvalue weighted by molar-refractivity contribution is 0.110. The van der Waals surface area contributed by atoms with Crippen molar-refractivity contribution in [1.82, 2.24) is 0 Å². The molecule has 2 aromatic carbocycles. The van der Waals surface area contributed by atoms with Gasteiger partial charge in [-0.25, -0.2) is 18.4 Å². The predicted octanol–water partition coefficient (Wildman–Crippen LogP) is 3.70. The van der Waals surface area contributed by atoms with Crippen LogP contribution in [0.2, 0.25) is 0 Å². The Balaban J connectivity index is 1.63. The first kappa shape index (κ1) is 20.3. The van der Waals surface area contributed by atoms with E-state index in [0.717, 1.165) is 12.1 Å². The van der Waals surface area contributed by atoms with Crippen LogP contribution in [-0.2, 0) is 9.47 Å². The SMILES string of the molecule is O=C(OCC#CC#CCOC(=O)Oc1cccc(F)c1)Oc1cccc(F)c1. The maximum Gasteiger partial charge on any atom is 0.514 e. The number of hydrogen-bond donors (Lipinski definition) is 0. The predicted molar refractivity (Wildman–Crippen MR) is 92.3 cm³/mol. The minimum atomic E-state index is -1.05. The second kappa shape index (κ2) is 10.8. The Kier molecular flexibility index (Phi) is 7.85. The van der Waals surface area contributed by atoms with Crippen LogP contribution in [0.15, 0.2) is 48.5 Å². The van der Waals surface area contributed by atoms with Crippen LogP contribution in [-0.4, -0.2) is 25.5 Å². The highest BCUT2D eigenvalue weighted by Gasteiger charge is 2.06. The van der Waals surface area contributed by atoms with Gasteiger partial charge in [0, 0.05) is 12.1 Å². The first-order valence-electron chi connectivity index (χ1n) is 7.69. The molecule has 0 amide bonds. The molecule has 0 aliphatic rings. The number of hydrogen-bond acceptors (Lipinski definition) is 6. The minimum absolute atomic E-state index is 0.0000249. The highest BCUT2D eigenvalue weighted by Crippen LogP contribution is 2.13. The average molecular weight is 386 g/mol. The van der Waals surface area contributed by atoms with Crippen molar-refractivity contribution < 1.29 is 37.3 Å². The molecule has 0 unspecified atom stereocenters. The van der Waals surface area contributed by atoms with E-state index in [-0.39, 0.29) is 24.7 Å². The van der Waals surface area contributed by atoms with E-state index in [1.54, 1.807) is 0 Å². The van der Waals surface area contributed by atoms with Crippen LogP contribution in [0.1, 0.15) is 0 Å². The molecule has 0 spiro atoms. The fourth-order valence-corrected chi connectivity index (χ4v) is 1.66. The summed E-state index contributed by atoms with van der Waals surface area (Å²) in [6.07, 6.45) is -2.09. The molecule has 6 nitrogen and oxygen atoms in total. The Morgan fingerprint density at radius 3 is 1.57 bits per heavy atom. The normalized spacial score (nSPS) is 9.07. The summed E-state index contributed by atoms with van der Waals surface area (Å²) in [6.45, 7) is -0.601. The average Bonchev–Trinajstić information content (AvgIpc) is 2.64. The molecule has 0 saturated heterocycles. The van der Waals surface area contributed by atoms with Gasteiger partial charge in [0.15, 0.2) is 13.2 Å². The number of ether oxygens (including phenoxy) is 4. The number of carbonyl (C=O) groups excluding carboxylic acids is 2. The summed E-state index contributed by atoms with van der Waals surface area (Å²) in [6, 6.07) is 9.99. The minimum Gasteiger partial charge on any atom is -0.421 e. The maximum absolute atomic E-state index is 12.9. The van der Waals surface area contributed by atoms with Crippen LogP contribution in [0.25, 0.3) is 0 Å². The second-order valence-corrected chi connectivity index (χ2v) is 4.80. The molecule has 0 atom stereocenters. The quantitative estimate of drug-likeness (QED) is 0.453. The molecule has 0 N–H and O–H groups in total. The Morgan fingerprint density at radius 2 is 1.18 bits per heavy atom. The number of halogens is 2. The molecular weight excluding hydrogens is 374 g/mol. The standard InChI is InChI=1S/C20H12F2O6/c21-15-7-5-9-17(13-15)27-19(23)25-11-3-1-2-4-12-26-20(24)28-18-10-6-8-16(22)14-18/h5-10,13-14H,11-12H2. The van der Waals surface area contributed by atoms with Gasteiger partial charge in [0.05, 0.1) is 0 Å². The van der Waals surface area contributed by atoms with Crippen LogP contribution in [0.4, 0.5) is 18.4 Å². The monoisotopic (exact) mass is 386 g/mol. The van der Waals surface area contributed by atoms with E-state index < -0.39 is 23.9 Å². The van der Waals surface area contributed by atoms with Gasteiger partial charge in [-0.05, 0) is 47.9 Å². The first-order chi connectivity index (χ1) is 13.5. The van der Waals surface area contributed by atoms with Crippen LogP contribution in [0.5, 0.6) is 11.5 Å². The molecule has 2 aromatic rings. The summed E-state index contributed by atoms with van der Waals surface area (Å²) in [7, 11) is 0. The number of rotatable bonds is 4. The zero-order chi connectivity index (χ0) is 20.2. The topological polar surface area (TPSA) is 71.1 Å². The van der Waals surface area contributed by atoms with E-state index in [9.17, 15) is 18.4 Å². The zero-order valence-corrected chi connectivity index (χ0v) is 14.2. The third kappa shape index (κ3) is 7.89. The molecule has 142 valence electrons. The van der Waals surface area contributed by atoms with Crippen molar-refractivity contribution in [2.24, 2.45) is 0 Å². The van der Waals surface area contributed by atoms with Crippen molar-refractivity contribution in [2.75, 3.05) is 13.2 Å². The lowest BCUT2D eigenvalue weighted by Gasteiger charge is -2.02. The van der Waals surface area contributed by atoms with E-state index in [1.807, 2.05) is 0 Å². The van der Waals surface area contributed by atoms with E-state index >= 15 is 0 Å². The van der Waals surface area contributed by atoms with Gasteiger partial charge in [0.2, 0.25) is 0 Å². The van der Waals surface area contributed by atoms with E-state index in [1.165, 1.54) is 36.4 Å². The van der Waals surface area contributed by atoms with E-state index in [2.05, 4.69) is 33.2 Å². The fraction of sp³-hybridized carbons (Fsp3) is 0.100. The summed E-state index contributed by atoms with van der Waals surface area (Å²) in [5, 5.41) is 0. The summed E-state index contributed by atoms with van der Waals surface area (Å²) >= 11 is 0. The summed E-state index contributed by atoms with van der Waals surface area (Å²) in [5.41, 5.74) is 0. The van der Waals surface area contributed by atoms with Gasteiger partial charge >= 0.3 is 12.3 Å². The molecule has 28 heavy (non-hydrogen) atoms. The summed E-state index contributed by atoms with van der Waals surface area (Å²) in [4.78, 5) is 22.7. The van der Waals surface area contributed by atoms with Crippen molar-refractivity contribution in [1.29, 1.82) is 0 Å². The van der Waals surface area contributed by atoms with Gasteiger partial charge in [0.1, 0.15) is 23.1 Å². The third-order valence-electron chi connectivity index (χ3n) is 2.76. The van der Waals surface area contributed by atoms with Crippen LogP contribution in [0, 0.1) is 35.3 Å². The molecule has 0 heterocycles. The largest absolute Gasteiger partial charge is 0.514 e. The van der Waals surface area contributed by atoms with Gasteiger partial charge in [-0.3, -0.25) is 0 Å². The lowest BCUT2D eigenvalue weighted by Crippen LogP contribution is -2.10. The molecule has 8 heteroatoms. The molecule has 0 saturated carbocycles. The lowest BCUT2D eigenvalue weighted by atomic mass is 10.3. The van der Waals surface area contributed by atoms with Gasteiger partial charge in [-0.2, -0.15) is 0 Å². The smallest absolute Gasteiger partial charge is 0.421 e. The van der Waals surface area contributed by atoms with Gasteiger partial charge in [-0.15, -0.1) is 0 Å². The number of benzene rings is 2. The molecule has 0 radical (unpaired) electrons. The Morgan fingerprint density at radius 1 is 0.750 bits per heavy atom. The van der Waals surface area contributed by atoms with Gasteiger partial charge < -0.3 is 18.9 Å². The number of carbonyl (C=O) groups is 2. The third-order valence-corrected chi connectivity index (χ3v) is 2.76. The van der Waals surface area contributed by atoms with Crippen molar-refractivity contribution in [2.45, 2.75) is 0 Å². The van der Waals surface area contributed by atoms with Crippen molar-refractivity contribution in [3.05, 3.63) is 60.2 Å². The van der Waals surface area contributed by atoms with Crippen molar-refractivity contribution in [3.63, 3.8) is 0 Å². The Labute approximate surface area is 159 Å². The van der Waals surface area contributed by atoms with Crippen LogP contribution < -0.4 is 9.47 Å². The molecule has 2 rings (SSSR count). The Bertz CT molecular complexity index is 886. The van der Waals surface area contributed by atoms with E-state index in [0.29, 0.717) is 0 Å². The molecular formula is C20H12F2O6. The highest BCUT2D eigenvalue weighted by molar-refractivity contribution is 5.64. The molecule has 0 aliphatic heterocycles. The molecule has 0 fully saturated rings. The Hall–Kier alpha value is -4.04. The van der Waals surface area contributed by atoms with E-state index in [4.69, 9.17) is 9.47 Å². The molecule has 0 aromatic heterocycles. The molecule has 0 aliphatic carbocycles. The van der Waals surface area contributed by atoms with Crippen molar-refractivity contribution in [3.8, 4) is 35.2 Å². The summed E-state index contributed by atoms with van der Waals surface area (Å²) in [5.74, 6) is 8.44. The highest BCUT2D eigenvalue weighted by atomic mass is 19.1. The molecule has 0 bridgehead atoms. The fourth-order valence-electron chi connectivity index (χ4n) is 1.66. The maximum atomic E-state index is 12.9. The van der Waals surface area contributed by atoms with Gasteiger partial charge in [0.25, 0.3) is 0 Å². The zero-order valence-electron chi connectivity index (χ0n) is 14.2. The van der Waals surface area contributed by atoms with Gasteiger partial charge in [-0.1, -0.05) is 12.1 Å². The van der Waals surface area contributed by atoms with Crippen LogP contribution in [0.3, 0.4) is 0 Å². The van der Waals surface area contributed by atoms with Crippen LogP contribution >= 0.6 is 0 Å².